The number of piperidine rings is 1. The molecule has 2 aromatic rings. The number of nitrogens with zero attached hydrogens (tertiary/aromatic N) is 2. The second-order valence-electron chi connectivity index (χ2n) is 5.75. The molecule has 0 bridgehead atoms. The van der Waals surface area contributed by atoms with Gasteiger partial charge in [0, 0.05) is 18.5 Å². The minimum Gasteiger partial charge on any atom is -0.497 e. The molecule has 0 amide bonds. The molecular formula is C16H21N3O3. The Bertz CT molecular complexity index is 689. The van der Waals surface area contributed by atoms with Crippen LogP contribution >= 0.6 is 0 Å². The number of nitrogens with one attached hydrogen (secondary N) is 1. The van der Waals surface area contributed by atoms with Crippen LogP contribution in [0.4, 0.5) is 0 Å². The number of methoxy groups -OCH3 is 1. The number of hydrogen-bond acceptors (Lipinski definition) is 4. The first kappa shape index (κ1) is 14.8. The van der Waals surface area contributed by atoms with E-state index >= 15 is 0 Å². The minimum atomic E-state index is -0.847. The number of imidazole rings is 1. The zero-order valence-electron chi connectivity index (χ0n) is 12.9. The Morgan fingerprint density at radius 1 is 1.55 bits per heavy atom. The summed E-state index contributed by atoms with van der Waals surface area (Å²) in [6.07, 6.45) is 2.11. The molecule has 2 unspecified atom stereocenters. The molecule has 22 heavy (non-hydrogen) atoms. The Morgan fingerprint density at radius 3 is 3.00 bits per heavy atom. The fraction of sp³-hybridized carbons (Fsp3) is 0.500. The summed E-state index contributed by atoms with van der Waals surface area (Å²) in [6, 6.07) is 4.95. The van der Waals surface area contributed by atoms with Gasteiger partial charge in [-0.15, -0.1) is 0 Å². The van der Waals surface area contributed by atoms with Crippen LogP contribution < -0.4 is 10.1 Å². The van der Waals surface area contributed by atoms with Crippen LogP contribution in [0.3, 0.4) is 0 Å². The maximum absolute atomic E-state index is 11.5. The van der Waals surface area contributed by atoms with Crippen molar-refractivity contribution in [1.82, 2.24) is 14.9 Å². The Morgan fingerprint density at radius 2 is 2.36 bits per heavy atom. The SMILES string of the molecule is COc1ccc2c(c1)nc(C1CCCNC1)n2C(C)C(=O)O. The lowest BCUT2D eigenvalue weighted by molar-refractivity contribution is -0.140. The molecule has 0 spiro atoms. The average Bonchev–Trinajstić information content (AvgIpc) is 2.93. The van der Waals surface area contributed by atoms with Crippen molar-refractivity contribution in [1.29, 1.82) is 0 Å². The van der Waals surface area contributed by atoms with Crippen LogP contribution in [-0.2, 0) is 4.79 Å². The number of rotatable bonds is 4. The number of carboxylic acid groups (broad SMARTS) is 1. The maximum atomic E-state index is 11.5. The van der Waals surface area contributed by atoms with Gasteiger partial charge in [-0.25, -0.2) is 9.78 Å². The normalized spacial score (nSPS) is 20.0. The zero-order chi connectivity index (χ0) is 15.7. The highest BCUT2D eigenvalue weighted by Crippen LogP contribution is 2.31. The van der Waals surface area contributed by atoms with E-state index in [1.165, 1.54) is 0 Å². The Hall–Kier alpha value is -2.08. The molecule has 3 rings (SSSR count). The van der Waals surface area contributed by atoms with E-state index in [4.69, 9.17) is 9.72 Å². The van der Waals surface area contributed by atoms with Crippen LogP contribution in [0.2, 0.25) is 0 Å². The number of benzene rings is 1. The number of ether oxygens (including phenoxy) is 1. The molecule has 2 N–H and O–H groups in total. The molecule has 0 aliphatic carbocycles. The van der Waals surface area contributed by atoms with Gasteiger partial charge in [0.25, 0.3) is 0 Å². The van der Waals surface area contributed by atoms with E-state index in [0.29, 0.717) is 0 Å². The molecule has 2 heterocycles. The van der Waals surface area contributed by atoms with Crippen molar-refractivity contribution in [2.24, 2.45) is 0 Å². The largest absolute Gasteiger partial charge is 0.497 e. The topological polar surface area (TPSA) is 76.4 Å². The molecule has 1 aliphatic heterocycles. The monoisotopic (exact) mass is 303 g/mol. The molecule has 1 saturated heterocycles. The Kier molecular flexibility index (Phi) is 4.02. The number of fused-ring (bicyclic) bond motifs is 1. The van der Waals surface area contributed by atoms with E-state index in [2.05, 4.69) is 5.32 Å². The van der Waals surface area contributed by atoms with Gasteiger partial charge < -0.3 is 19.7 Å². The van der Waals surface area contributed by atoms with E-state index in [0.717, 1.165) is 48.5 Å². The molecule has 6 heteroatoms. The zero-order valence-corrected chi connectivity index (χ0v) is 12.9. The fourth-order valence-corrected chi connectivity index (χ4v) is 3.10. The lowest BCUT2D eigenvalue weighted by atomic mass is 9.98. The Balaban J connectivity index is 2.15. The quantitative estimate of drug-likeness (QED) is 0.905. The van der Waals surface area contributed by atoms with Crippen molar-refractivity contribution in [3.63, 3.8) is 0 Å². The second kappa shape index (κ2) is 5.96. The lowest BCUT2D eigenvalue weighted by Gasteiger charge is -2.24. The fourth-order valence-electron chi connectivity index (χ4n) is 3.10. The summed E-state index contributed by atoms with van der Waals surface area (Å²) in [5.41, 5.74) is 1.63. The first-order chi connectivity index (χ1) is 10.6. The van der Waals surface area contributed by atoms with Crippen molar-refractivity contribution in [3.05, 3.63) is 24.0 Å². The summed E-state index contributed by atoms with van der Waals surface area (Å²) >= 11 is 0. The highest BCUT2D eigenvalue weighted by atomic mass is 16.5. The first-order valence-electron chi connectivity index (χ1n) is 7.61. The van der Waals surface area contributed by atoms with E-state index in [1.54, 1.807) is 14.0 Å². The van der Waals surface area contributed by atoms with Crippen LogP contribution in [-0.4, -0.2) is 40.8 Å². The van der Waals surface area contributed by atoms with Crippen molar-refractivity contribution >= 4 is 17.0 Å². The average molecular weight is 303 g/mol. The summed E-state index contributed by atoms with van der Waals surface area (Å²) in [4.78, 5) is 16.2. The van der Waals surface area contributed by atoms with Crippen molar-refractivity contribution in [2.45, 2.75) is 31.7 Å². The number of aromatic nitrogens is 2. The highest BCUT2D eigenvalue weighted by molar-refractivity contribution is 5.81. The van der Waals surface area contributed by atoms with E-state index < -0.39 is 12.0 Å². The maximum Gasteiger partial charge on any atom is 0.326 e. The molecule has 1 aromatic carbocycles. The Labute approximate surface area is 129 Å². The summed E-state index contributed by atoms with van der Waals surface area (Å²) in [6.45, 7) is 3.55. The van der Waals surface area contributed by atoms with Crippen LogP contribution in [0.25, 0.3) is 11.0 Å². The van der Waals surface area contributed by atoms with Crippen LogP contribution in [0, 0.1) is 0 Å². The van der Waals surface area contributed by atoms with Gasteiger partial charge in [0.1, 0.15) is 17.6 Å². The van der Waals surface area contributed by atoms with Gasteiger partial charge in [0.15, 0.2) is 0 Å². The summed E-state index contributed by atoms with van der Waals surface area (Å²) < 4.78 is 7.10. The molecule has 1 aromatic heterocycles. The molecular weight excluding hydrogens is 282 g/mol. The number of carboxylic acids is 1. The standard InChI is InChI=1S/C16H21N3O3/c1-10(16(20)21)19-14-6-5-12(22-2)8-13(14)18-15(19)11-4-3-7-17-9-11/h5-6,8,10-11,17H,3-4,7,9H2,1-2H3,(H,20,21). The molecule has 6 nitrogen and oxygen atoms in total. The van der Waals surface area contributed by atoms with E-state index in [9.17, 15) is 9.90 Å². The van der Waals surface area contributed by atoms with Gasteiger partial charge in [0.05, 0.1) is 18.1 Å². The number of aliphatic carboxylic acids is 1. The number of carbonyl (C=O) groups is 1. The summed E-state index contributed by atoms with van der Waals surface area (Å²) in [5, 5.41) is 12.8. The van der Waals surface area contributed by atoms with Gasteiger partial charge >= 0.3 is 5.97 Å². The molecule has 1 aliphatic rings. The van der Waals surface area contributed by atoms with Crippen LogP contribution in [0.1, 0.15) is 37.5 Å². The molecule has 2 atom stereocenters. The van der Waals surface area contributed by atoms with Crippen molar-refractivity contribution in [2.75, 3.05) is 20.2 Å². The van der Waals surface area contributed by atoms with Gasteiger partial charge in [-0.2, -0.15) is 0 Å². The first-order valence-corrected chi connectivity index (χ1v) is 7.61. The predicted molar refractivity (Wildman–Crippen MR) is 83.5 cm³/mol. The molecule has 0 saturated carbocycles. The predicted octanol–water partition coefficient (Wildman–Crippen LogP) is 2.16. The smallest absolute Gasteiger partial charge is 0.326 e. The minimum absolute atomic E-state index is 0.244. The van der Waals surface area contributed by atoms with Gasteiger partial charge in [0.2, 0.25) is 0 Å². The van der Waals surface area contributed by atoms with Gasteiger partial charge in [-0.3, -0.25) is 0 Å². The third-order valence-electron chi connectivity index (χ3n) is 4.33. The molecule has 0 radical (unpaired) electrons. The molecule has 118 valence electrons. The van der Waals surface area contributed by atoms with E-state index in [1.807, 2.05) is 22.8 Å². The summed E-state index contributed by atoms with van der Waals surface area (Å²) in [5.74, 6) is 0.980. The number of hydrogen-bond donors (Lipinski definition) is 2. The molecule has 1 fully saturated rings. The van der Waals surface area contributed by atoms with Gasteiger partial charge in [-0.1, -0.05) is 0 Å². The highest BCUT2D eigenvalue weighted by Gasteiger charge is 2.27. The van der Waals surface area contributed by atoms with Gasteiger partial charge in [-0.05, 0) is 38.4 Å². The second-order valence-corrected chi connectivity index (χ2v) is 5.75. The van der Waals surface area contributed by atoms with Crippen molar-refractivity contribution < 1.29 is 14.6 Å². The lowest BCUT2D eigenvalue weighted by Crippen LogP contribution is -2.31. The summed E-state index contributed by atoms with van der Waals surface area (Å²) in [7, 11) is 1.62. The third-order valence-corrected chi connectivity index (χ3v) is 4.33. The van der Waals surface area contributed by atoms with Crippen LogP contribution in [0.15, 0.2) is 18.2 Å². The third kappa shape index (κ3) is 2.54. The van der Waals surface area contributed by atoms with E-state index in [-0.39, 0.29) is 5.92 Å². The van der Waals surface area contributed by atoms with Crippen LogP contribution in [0.5, 0.6) is 5.75 Å². The van der Waals surface area contributed by atoms with Crippen molar-refractivity contribution in [3.8, 4) is 5.75 Å².